The maximum atomic E-state index is 5.85. The molecule has 0 atom stereocenters. The van der Waals surface area contributed by atoms with E-state index in [-0.39, 0.29) is 0 Å². The molecule has 0 spiro atoms. The lowest BCUT2D eigenvalue weighted by Crippen LogP contribution is -2.26. The molecular weight excluding hydrogens is 202 g/mol. The number of nitrogen functional groups attached to an aromatic ring is 1. The number of furan rings is 1. The number of piperidine rings is 1. The summed E-state index contributed by atoms with van der Waals surface area (Å²) in [6.07, 6.45) is 5.71. The van der Waals surface area contributed by atoms with Crippen LogP contribution < -0.4 is 11.1 Å². The molecule has 2 aromatic heterocycles. The third-order valence-electron chi connectivity index (χ3n) is 3.21. The van der Waals surface area contributed by atoms with Crippen molar-refractivity contribution in [1.29, 1.82) is 0 Å². The van der Waals surface area contributed by atoms with E-state index in [0.717, 1.165) is 42.7 Å². The van der Waals surface area contributed by atoms with Gasteiger partial charge in [-0.15, -0.1) is 0 Å². The van der Waals surface area contributed by atoms with Gasteiger partial charge in [0.15, 0.2) is 5.58 Å². The minimum absolute atomic E-state index is 0.521. The van der Waals surface area contributed by atoms with E-state index in [2.05, 4.69) is 16.4 Å². The predicted octanol–water partition coefficient (Wildman–Crippen LogP) is 1.88. The third-order valence-corrected chi connectivity index (χ3v) is 3.21. The summed E-state index contributed by atoms with van der Waals surface area (Å²) < 4.78 is 5.85. The molecule has 3 heterocycles. The lowest BCUT2D eigenvalue weighted by molar-refractivity contribution is 0.398. The quantitative estimate of drug-likeness (QED) is 0.765. The Labute approximate surface area is 93.8 Å². The highest BCUT2D eigenvalue weighted by molar-refractivity contribution is 5.87. The maximum Gasteiger partial charge on any atom is 0.160 e. The summed E-state index contributed by atoms with van der Waals surface area (Å²) >= 11 is 0. The number of pyridine rings is 1. The molecule has 1 fully saturated rings. The van der Waals surface area contributed by atoms with E-state index in [4.69, 9.17) is 10.2 Å². The first-order valence-corrected chi connectivity index (χ1v) is 5.68. The van der Waals surface area contributed by atoms with Crippen LogP contribution in [0.4, 0.5) is 5.69 Å². The van der Waals surface area contributed by atoms with Gasteiger partial charge in [-0.2, -0.15) is 0 Å². The van der Waals surface area contributed by atoms with E-state index < -0.39 is 0 Å². The van der Waals surface area contributed by atoms with E-state index in [1.807, 2.05) is 0 Å². The van der Waals surface area contributed by atoms with Crippen LogP contribution in [0, 0.1) is 0 Å². The molecule has 0 unspecified atom stereocenters. The van der Waals surface area contributed by atoms with Crippen LogP contribution in [0.15, 0.2) is 22.9 Å². The first-order chi connectivity index (χ1) is 7.84. The Morgan fingerprint density at radius 1 is 1.31 bits per heavy atom. The Morgan fingerprint density at radius 3 is 2.88 bits per heavy atom. The number of nitrogens with one attached hydrogen (secondary N) is 1. The molecule has 1 saturated heterocycles. The highest BCUT2D eigenvalue weighted by Gasteiger charge is 2.19. The van der Waals surface area contributed by atoms with E-state index in [1.54, 1.807) is 12.4 Å². The van der Waals surface area contributed by atoms with Crippen LogP contribution in [-0.2, 0) is 0 Å². The van der Waals surface area contributed by atoms with Crippen molar-refractivity contribution in [1.82, 2.24) is 10.3 Å². The molecule has 0 aliphatic carbocycles. The number of fused-ring (bicyclic) bond motifs is 1. The molecule has 4 nitrogen and oxygen atoms in total. The topological polar surface area (TPSA) is 64.1 Å². The molecule has 3 rings (SSSR count). The highest BCUT2D eigenvalue weighted by atomic mass is 16.3. The molecule has 2 aromatic rings. The van der Waals surface area contributed by atoms with Crippen LogP contribution in [0.25, 0.3) is 11.0 Å². The lowest BCUT2D eigenvalue weighted by Gasteiger charge is -2.20. The van der Waals surface area contributed by atoms with Gasteiger partial charge in [-0.3, -0.25) is 4.98 Å². The van der Waals surface area contributed by atoms with Crippen molar-refractivity contribution in [2.45, 2.75) is 18.8 Å². The van der Waals surface area contributed by atoms with Crippen molar-refractivity contribution in [3.05, 3.63) is 24.2 Å². The van der Waals surface area contributed by atoms with Gasteiger partial charge in [-0.25, -0.2) is 0 Å². The second-order valence-corrected chi connectivity index (χ2v) is 4.32. The summed E-state index contributed by atoms with van der Waals surface area (Å²) in [6.45, 7) is 2.13. The molecule has 3 N–H and O–H groups in total. The monoisotopic (exact) mass is 217 g/mol. The molecule has 1 aliphatic rings. The van der Waals surface area contributed by atoms with Gasteiger partial charge in [0.25, 0.3) is 0 Å². The zero-order valence-electron chi connectivity index (χ0n) is 9.07. The van der Waals surface area contributed by atoms with Crippen molar-refractivity contribution in [3.63, 3.8) is 0 Å². The van der Waals surface area contributed by atoms with Gasteiger partial charge in [0.1, 0.15) is 5.76 Å². The number of nitrogens with zero attached hydrogens (tertiary/aromatic N) is 1. The SMILES string of the molecule is Nc1cncc2cc(C3CCNCC3)oc12. The number of nitrogens with two attached hydrogens (primary N) is 1. The van der Waals surface area contributed by atoms with Crippen molar-refractivity contribution in [2.75, 3.05) is 18.8 Å². The Morgan fingerprint density at radius 2 is 2.12 bits per heavy atom. The zero-order valence-corrected chi connectivity index (χ0v) is 9.07. The molecule has 1 aliphatic heterocycles. The Hall–Kier alpha value is -1.55. The summed E-state index contributed by atoms with van der Waals surface area (Å²) in [5.41, 5.74) is 7.23. The van der Waals surface area contributed by atoms with Gasteiger partial charge in [0.05, 0.1) is 11.9 Å². The largest absolute Gasteiger partial charge is 0.458 e. The molecule has 0 saturated carbocycles. The molecule has 4 heteroatoms. The summed E-state index contributed by atoms with van der Waals surface area (Å²) in [4.78, 5) is 4.07. The first-order valence-electron chi connectivity index (χ1n) is 5.68. The lowest BCUT2D eigenvalue weighted by atomic mass is 9.95. The average Bonchev–Trinajstić information content (AvgIpc) is 2.76. The van der Waals surface area contributed by atoms with Gasteiger partial charge in [-0.05, 0) is 32.0 Å². The summed E-state index contributed by atoms with van der Waals surface area (Å²) in [5, 5.41) is 4.36. The molecule has 0 amide bonds. The fourth-order valence-electron chi connectivity index (χ4n) is 2.31. The van der Waals surface area contributed by atoms with E-state index >= 15 is 0 Å². The zero-order chi connectivity index (χ0) is 11.0. The Bertz CT molecular complexity index is 500. The van der Waals surface area contributed by atoms with Crippen LogP contribution in [0.5, 0.6) is 0 Å². The normalized spacial score (nSPS) is 18.0. The molecule has 84 valence electrons. The average molecular weight is 217 g/mol. The van der Waals surface area contributed by atoms with Crippen LogP contribution in [0.1, 0.15) is 24.5 Å². The van der Waals surface area contributed by atoms with Crippen LogP contribution in [0.3, 0.4) is 0 Å². The second kappa shape index (κ2) is 3.79. The van der Waals surface area contributed by atoms with Crippen LogP contribution in [-0.4, -0.2) is 18.1 Å². The van der Waals surface area contributed by atoms with E-state index in [9.17, 15) is 0 Å². The fourth-order valence-corrected chi connectivity index (χ4v) is 2.31. The van der Waals surface area contributed by atoms with E-state index in [0.29, 0.717) is 11.6 Å². The van der Waals surface area contributed by atoms with Gasteiger partial charge in [0, 0.05) is 17.5 Å². The summed E-state index contributed by atoms with van der Waals surface area (Å²) in [7, 11) is 0. The summed E-state index contributed by atoms with van der Waals surface area (Å²) in [5.74, 6) is 1.57. The minimum atomic E-state index is 0.521. The van der Waals surface area contributed by atoms with Gasteiger partial charge < -0.3 is 15.5 Å². The minimum Gasteiger partial charge on any atom is -0.458 e. The Balaban J connectivity index is 2.01. The molecule has 0 bridgehead atoms. The standard InChI is InChI=1S/C12H15N3O/c13-10-7-15-6-9-5-11(16-12(9)10)8-1-3-14-4-2-8/h5-8,14H,1-4,13H2. The predicted molar refractivity (Wildman–Crippen MR) is 63.3 cm³/mol. The first kappa shape index (κ1) is 9.66. The van der Waals surface area contributed by atoms with Crippen LogP contribution >= 0.6 is 0 Å². The van der Waals surface area contributed by atoms with Crippen molar-refractivity contribution < 1.29 is 4.42 Å². The van der Waals surface area contributed by atoms with Crippen molar-refractivity contribution >= 4 is 16.7 Å². The maximum absolute atomic E-state index is 5.85. The molecule has 0 radical (unpaired) electrons. The van der Waals surface area contributed by atoms with Gasteiger partial charge >= 0.3 is 0 Å². The highest BCUT2D eigenvalue weighted by Crippen LogP contribution is 2.32. The fraction of sp³-hybridized carbons (Fsp3) is 0.417. The molecule has 0 aromatic carbocycles. The molecule has 16 heavy (non-hydrogen) atoms. The van der Waals surface area contributed by atoms with Crippen LogP contribution in [0.2, 0.25) is 0 Å². The van der Waals surface area contributed by atoms with Crippen molar-refractivity contribution in [3.8, 4) is 0 Å². The summed E-state index contributed by atoms with van der Waals surface area (Å²) in [6, 6.07) is 2.08. The number of anilines is 1. The second-order valence-electron chi connectivity index (χ2n) is 4.32. The van der Waals surface area contributed by atoms with Gasteiger partial charge in [-0.1, -0.05) is 0 Å². The number of aromatic nitrogens is 1. The Kier molecular flexibility index (Phi) is 2.29. The van der Waals surface area contributed by atoms with E-state index in [1.165, 1.54) is 0 Å². The third kappa shape index (κ3) is 1.55. The number of hydrogen-bond acceptors (Lipinski definition) is 4. The van der Waals surface area contributed by atoms with Crippen molar-refractivity contribution in [2.24, 2.45) is 0 Å². The molecular formula is C12H15N3O. The van der Waals surface area contributed by atoms with Gasteiger partial charge in [0.2, 0.25) is 0 Å². The number of hydrogen-bond donors (Lipinski definition) is 2. The number of rotatable bonds is 1. The smallest absolute Gasteiger partial charge is 0.160 e.